The molecule has 0 aliphatic heterocycles. The molecule has 18 heavy (non-hydrogen) atoms. The summed E-state index contributed by atoms with van der Waals surface area (Å²) in [6.07, 6.45) is -2.63. The van der Waals surface area contributed by atoms with E-state index in [9.17, 15) is 13.2 Å². The Bertz CT molecular complexity index is 536. The van der Waals surface area contributed by atoms with E-state index in [0.29, 0.717) is 10.9 Å². The van der Waals surface area contributed by atoms with Crippen LogP contribution in [0.1, 0.15) is 16.8 Å². The summed E-state index contributed by atoms with van der Waals surface area (Å²) in [4.78, 5) is 0. The lowest BCUT2D eigenvalue weighted by Gasteiger charge is -2.08. The number of hydrogen-bond acceptors (Lipinski definition) is 2. The minimum Gasteiger partial charge on any atom is -0.248 e. The van der Waals surface area contributed by atoms with E-state index in [1.54, 1.807) is 12.3 Å². The second-order valence-electron chi connectivity index (χ2n) is 3.74. The van der Waals surface area contributed by atoms with Crippen molar-refractivity contribution in [2.45, 2.75) is 18.1 Å². The second-order valence-corrected chi connectivity index (χ2v) is 4.30. The number of nitrogens with zero attached hydrogens (tertiary/aromatic N) is 3. The van der Waals surface area contributed by atoms with Gasteiger partial charge in [0.2, 0.25) is 0 Å². The van der Waals surface area contributed by atoms with Gasteiger partial charge in [-0.3, -0.25) is 0 Å². The molecule has 7 heteroatoms. The van der Waals surface area contributed by atoms with E-state index in [2.05, 4.69) is 26.2 Å². The summed E-state index contributed by atoms with van der Waals surface area (Å²) in [6, 6.07) is 5.19. The van der Waals surface area contributed by atoms with Gasteiger partial charge in [-0.1, -0.05) is 33.3 Å². The Labute approximate surface area is 110 Å². The molecule has 2 rings (SSSR count). The molecular weight excluding hydrogens is 311 g/mol. The van der Waals surface area contributed by atoms with Crippen molar-refractivity contribution in [2.75, 3.05) is 0 Å². The van der Waals surface area contributed by atoms with Gasteiger partial charge in [0.1, 0.15) is 0 Å². The Morgan fingerprint density at radius 3 is 2.67 bits per heavy atom. The number of halogens is 4. The monoisotopic (exact) mass is 319 g/mol. The van der Waals surface area contributed by atoms with Gasteiger partial charge in [-0.25, -0.2) is 4.68 Å². The van der Waals surface area contributed by atoms with Crippen molar-refractivity contribution in [2.24, 2.45) is 0 Å². The zero-order valence-corrected chi connectivity index (χ0v) is 10.7. The van der Waals surface area contributed by atoms with Gasteiger partial charge in [-0.05, 0) is 17.7 Å². The van der Waals surface area contributed by atoms with Crippen LogP contribution in [0.2, 0.25) is 0 Å². The van der Waals surface area contributed by atoms with Gasteiger partial charge in [0.15, 0.2) is 0 Å². The van der Waals surface area contributed by atoms with Crippen LogP contribution < -0.4 is 0 Å². The van der Waals surface area contributed by atoms with Gasteiger partial charge in [-0.15, -0.1) is 5.10 Å². The predicted molar refractivity (Wildman–Crippen MR) is 63.2 cm³/mol. The highest BCUT2D eigenvalue weighted by atomic mass is 79.9. The summed E-state index contributed by atoms with van der Waals surface area (Å²) < 4.78 is 39.1. The third-order valence-corrected chi connectivity index (χ3v) is 2.90. The van der Waals surface area contributed by atoms with Crippen LogP contribution >= 0.6 is 15.9 Å². The van der Waals surface area contributed by atoms with Crippen molar-refractivity contribution in [1.82, 2.24) is 15.0 Å². The lowest BCUT2D eigenvalue weighted by Crippen LogP contribution is -2.07. The lowest BCUT2D eigenvalue weighted by atomic mass is 10.1. The molecule has 0 spiro atoms. The van der Waals surface area contributed by atoms with Gasteiger partial charge < -0.3 is 0 Å². The zero-order valence-electron chi connectivity index (χ0n) is 9.15. The van der Waals surface area contributed by atoms with Crippen molar-refractivity contribution >= 4 is 15.9 Å². The van der Waals surface area contributed by atoms with E-state index >= 15 is 0 Å². The average Bonchev–Trinajstić information content (AvgIpc) is 2.76. The highest BCUT2D eigenvalue weighted by molar-refractivity contribution is 9.08. The quantitative estimate of drug-likeness (QED) is 0.813. The molecule has 0 aliphatic carbocycles. The first-order chi connectivity index (χ1) is 8.49. The number of alkyl halides is 4. The number of hydrogen-bond donors (Lipinski definition) is 0. The van der Waals surface area contributed by atoms with Crippen LogP contribution in [0.5, 0.6) is 0 Å². The Kier molecular flexibility index (Phi) is 3.70. The van der Waals surface area contributed by atoms with Crippen LogP contribution in [0.15, 0.2) is 30.5 Å². The average molecular weight is 320 g/mol. The van der Waals surface area contributed by atoms with Crippen molar-refractivity contribution in [3.05, 3.63) is 47.3 Å². The maximum absolute atomic E-state index is 12.5. The summed E-state index contributed by atoms with van der Waals surface area (Å²) in [5.74, 6) is 0. The van der Waals surface area contributed by atoms with Crippen LogP contribution in [-0.2, 0) is 18.1 Å². The molecule has 0 amide bonds. The number of rotatable bonds is 3. The van der Waals surface area contributed by atoms with Gasteiger partial charge >= 0.3 is 6.18 Å². The van der Waals surface area contributed by atoms with Crippen LogP contribution in [0.3, 0.4) is 0 Å². The number of aromatic nitrogens is 3. The van der Waals surface area contributed by atoms with Gasteiger partial charge in [0.05, 0.1) is 17.8 Å². The summed E-state index contributed by atoms with van der Waals surface area (Å²) in [5.41, 5.74) is 0.624. The van der Waals surface area contributed by atoms with E-state index < -0.39 is 11.7 Å². The lowest BCUT2D eigenvalue weighted by molar-refractivity contribution is -0.137. The normalized spacial score (nSPS) is 11.8. The zero-order chi connectivity index (χ0) is 13.2. The number of benzene rings is 1. The Balaban J connectivity index is 2.19. The summed E-state index contributed by atoms with van der Waals surface area (Å²) in [5, 5.41) is 8.24. The fourth-order valence-corrected chi connectivity index (χ4v) is 1.77. The Morgan fingerprint density at radius 2 is 2.06 bits per heavy atom. The van der Waals surface area contributed by atoms with E-state index in [1.807, 2.05) is 0 Å². The van der Waals surface area contributed by atoms with Crippen LogP contribution in [-0.4, -0.2) is 15.0 Å². The molecule has 0 saturated carbocycles. The molecule has 1 aromatic carbocycles. The molecule has 0 N–H and O–H groups in total. The van der Waals surface area contributed by atoms with Crippen molar-refractivity contribution in [3.8, 4) is 0 Å². The van der Waals surface area contributed by atoms with Crippen LogP contribution in [0, 0.1) is 0 Å². The summed E-state index contributed by atoms with van der Waals surface area (Å²) in [6.45, 7) is 0.268. The Morgan fingerprint density at radius 1 is 1.28 bits per heavy atom. The van der Waals surface area contributed by atoms with Gasteiger partial charge in [0, 0.05) is 11.5 Å². The van der Waals surface area contributed by atoms with Crippen molar-refractivity contribution in [3.63, 3.8) is 0 Å². The summed E-state index contributed by atoms with van der Waals surface area (Å²) >= 11 is 3.23. The molecule has 0 aliphatic rings. The molecule has 96 valence electrons. The topological polar surface area (TPSA) is 30.7 Å². The van der Waals surface area contributed by atoms with Crippen molar-refractivity contribution < 1.29 is 13.2 Å². The standard InChI is InChI=1S/C11H9BrF3N3/c12-5-10-7-18(17-16-10)6-8-2-1-3-9(4-8)11(13,14)15/h1-4,7H,5-6H2. The van der Waals surface area contributed by atoms with E-state index in [4.69, 9.17) is 0 Å². The second kappa shape index (κ2) is 5.09. The SMILES string of the molecule is FC(F)(F)c1cccc(Cn2cc(CBr)nn2)c1. The first-order valence-corrected chi connectivity index (χ1v) is 6.22. The highest BCUT2D eigenvalue weighted by Gasteiger charge is 2.30. The maximum Gasteiger partial charge on any atom is 0.416 e. The largest absolute Gasteiger partial charge is 0.416 e. The smallest absolute Gasteiger partial charge is 0.248 e. The van der Waals surface area contributed by atoms with Gasteiger partial charge in [0.25, 0.3) is 0 Å². The molecule has 0 unspecified atom stereocenters. The maximum atomic E-state index is 12.5. The molecular formula is C11H9BrF3N3. The molecule has 0 fully saturated rings. The molecule has 1 aromatic heterocycles. The third kappa shape index (κ3) is 3.10. The summed E-state index contributed by atoms with van der Waals surface area (Å²) in [7, 11) is 0. The van der Waals surface area contributed by atoms with E-state index in [0.717, 1.165) is 17.8 Å². The van der Waals surface area contributed by atoms with Gasteiger partial charge in [-0.2, -0.15) is 13.2 Å². The first-order valence-electron chi connectivity index (χ1n) is 5.10. The first kappa shape index (κ1) is 13.1. The Hall–Kier alpha value is -1.37. The fourth-order valence-electron chi connectivity index (χ4n) is 1.51. The molecule has 0 radical (unpaired) electrons. The molecule has 1 heterocycles. The minimum atomic E-state index is -4.32. The van der Waals surface area contributed by atoms with Crippen LogP contribution in [0.4, 0.5) is 13.2 Å². The molecule has 0 atom stereocenters. The van der Waals surface area contributed by atoms with E-state index in [-0.39, 0.29) is 6.54 Å². The third-order valence-electron chi connectivity index (χ3n) is 2.32. The predicted octanol–water partition coefficient (Wildman–Crippen LogP) is 3.24. The van der Waals surface area contributed by atoms with E-state index in [1.165, 1.54) is 10.7 Å². The molecule has 0 bridgehead atoms. The molecule has 2 aromatic rings. The highest BCUT2D eigenvalue weighted by Crippen LogP contribution is 2.29. The van der Waals surface area contributed by atoms with Crippen LogP contribution in [0.25, 0.3) is 0 Å². The fraction of sp³-hybridized carbons (Fsp3) is 0.273. The minimum absolute atomic E-state index is 0.268. The van der Waals surface area contributed by atoms with Crippen molar-refractivity contribution in [1.29, 1.82) is 0 Å². The molecule has 3 nitrogen and oxygen atoms in total. The molecule has 0 saturated heterocycles.